The molecular weight excluding hydrogens is 508 g/mol. The highest BCUT2D eigenvalue weighted by Gasteiger charge is 2.25. The Labute approximate surface area is 237 Å². The molecule has 0 aromatic heterocycles. The molecule has 0 aliphatic heterocycles. The van der Waals surface area contributed by atoms with Crippen molar-refractivity contribution in [3.63, 3.8) is 0 Å². The maximum absolute atomic E-state index is 13.2. The van der Waals surface area contributed by atoms with Crippen molar-refractivity contribution in [2.75, 3.05) is 13.2 Å². The molecule has 2 aromatic carbocycles. The molecule has 40 heavy (non-hydrogen) atoms. The van der Waals surface area contributed by atoms with Gasteiger partial charge in [-0.05, 0) is 55.9 Å². The number of hydrogen-bond donors (Lipinski definition) is 3. The number of ether oxygens (including phenoxy) is 2. The third-order valence-electron chi connectivity index (χ3n) is 6.17. The number of unbranched alkanes of at least 4 members (excludes halogenated alkanes) is 1. The lowest BCUT2D eigenvalue weighted by Gasteiger charge is -2.23. The Morgan fingerprint density at radius 2 is 1.70 bits per heavy atom. The Morgan fingerprint density at radius 3 is 2.35 bits per heavy atom. The zero-order valence-electron chi connectivity index (χ0n) is 23.3. The number of hydrogen-bond acceptors (Lipinski definition) is 6. The minimum Gasteiger partial charge on any atom is -0.489 e. The number of carbonyl (C=O) groups excluding carboxylic acids is 3. The van der Waals surface area contributed by atoms with Crippen molar-refractivity contribution in [2.45, 2.75) is 64.1 Å². The van der Waals surface area contributed by atoms with Gasteiger partial charge in [-0.2, -0.15) is 0 Å². The minimum absolute atomic E-state index is 0.000522. The number of rotatable bonds is 19. The zero-order chi connectivity index (χ0) is 29.2. The molecular formula is C32H42N2O6. The maximum Gasteiger partial charge on any atom is 0.305 e. The smallest absolute Gasteiger partial charge is 0.305 e. The van der Waals surface area contributed by atoms with E-state index in [9.17, 15) is 19.5 Å². The summed E-state index contributed by atoms with van der Waals surface area (Å²) in [6.45, 7) is 9.31. The van der Waals surface area contributed by atoms with Crippen molar-refractivity contribution in [3.8, 4) is 5.75 Å². The lowest BCUT2D eigenvalue weighted by atomic mass is 9.98. The predicted octanol–water partition coefficient (Wildman–Crippen LogP) is 4.27. The standard InChI is InChI=1S/C32H42N2O6/c1-4-6-8-14-31(37)40-23-28(34-32(38)27(11-5-2)20-30(36)33-24(3)21-35)19-25-15-17-29(18-16-25)39-22-26-12-9-7-10-13-26/h4-5,7,9-10,12-13,15-18,24,27-28,35H,1-2,6,8,11,14,19-23H2,3H3,(H,33,36)(H,34,38)/t24-,27+,28-/m0/s1. The minimum atomic E-state index is -0.650. The Bertz CT molecular complexity index is 1070. The molecule has 0 fully saturated rings. The highest BCUT2D eigenvalue weighted by molar-refractivity contribution is 5.86. The number of esters is 1. The van der Waals surface area contributed by atoms with Gasteiger partial charge in [0.2, 0.25) is 11.8 Å². The van der Waals surface area contributed by atoms with E-state index < -0.39 is 18.0 Å². The number of allylic oxidation sites excluding steroid dienone is 2. The van der Waals surface area contributed by atoms with Gasteiger partial charge in [0.25, 0.3) is 0 Å². The van der Waals surface area contributed by atoms with Crippen LogP contribution in [-0.4, -0.2) is 48.2 Å². The molecule has 8 heteroatoms. The molecule has 2 rings (SSSR count). The summed E-state index contributed by atoms with van der Waals surface area (Å²) in [6, 6.07) is 16.5. The SMILES string of the molecule is C=CCCCC(=O)OC[C@H](Cc1ccc(OCc2ccccc2)cc1)NC(=O)[C@H](CC=C)CC(=O)N[C@@H](C)CO. The second kappa shape index (κ2) is 18.4. The summed E-state index contributed by atoms with van der Waals surface area (Å²) in [4.78, 5) is 37.8. The third-order valence-corrected chi connectivity index (χ3v) is 6.17. The fourth-order valence-electron chi connectivity index (χ4n) is 3.96. The second-order valence-electron chi connectivity index (χ2n) is 9.77. The third kappa shape index (κ3) is 12.8. The summed E-state index contributed by atoms with van der Waals surface area (Å²) in [7, 11) is 0. The molecule has 0 bridgehead atoms. The fourth-order valence-corrected chi connectivity index (χ4v) is 3.96. The Morgan fingerprint density at radius 1 is 0.975 bits per heavy atom. The molecule has 3 atom stereocenters. The molecule has 0 saturated carbocycles. The second-order valence-corrected chi connectivity index (χ2v) is 9.77. The van der Waals surface area contributed by atoms with E-state index in [0.29, 0.717) is 32.3 Å². The Balaban J connectivity index is 2.05. The van der Waals surface area contributed by atoms with Crippen LogP contribution in [0, 0.1) is 5.92 Å². The van der Waals surface area contributed by atoms with Crippen LogP contribution in [-0.2, 0) is 32.1 Å². The van der Waals surface area contributed by atoms with E-state index in [1.165, 1.54) is 0 Å². The molecule has 2 aromatic rings. The van der Waals surface area contributed by atoms with Gasteiger partial charge in [0, 0.05) is 18.9 Å². The van der Waals surface area contributed by atoms with E-state index in [0.717, 1.165) is 16.9 Å². The lowest BCUT2D eigenvalue weighted by molar-refractivity contribution is -0.145. The van der Waals surface area contributed by atoms with Gasteiger partial charge in [-0.25, -0.2) is 0 Å². The normalized spacial score (nSPS) is 12.8. The summed E-state index contributed by atoms with van der Waals surface area (Å²) < 4.78 is 11.3. The summed E-state index contributed by atoms with van der Waals surface area (Å²) in [6.07, 6.45) is 5.64. The summed E-state index contributed by atoms with van der Waals surface area (Å²) in [5, 5.41) is 14.8. The van der Waals surface area contributed by atoms with Gasteiger partial charge in [0.1, 0.15) is 19.0 Å². The van der Waals surface area contributed by atoms with Crippen molar-refractivity contribution in [1.29, 1.82) is 0 Å². The van der Waals surface area contributed by atoms with Crippen LogP contribution in [0.3, 0.4) is 0 Å². The number of aliphatic hydroxyl groups is 1. The first kappa shape index (κ1) is 32.3. The molecule has 0 aliphatic carbocycles. The predicted molar refractivity (Wildman–Crippen MR) is 155 cm³/mol. The zero-order valence-corrected chi connectivity index (χ0v) is 23.3. The maximum atomic E-state index is 13.2. The van der Waals surface area contributed by atoms with E-state index in [1.54, 1.807) is 19.1 Å². The lowest BCUT2D eigenvalue weighted by Crippen LogP contribution is -2.45. The van der Waals surface area contributed by atoms with Gasteiger partial charge >= 0.3 is 5.97 Å². The van der Waals surface area contributed by atoms with Gasteiger partial charge in [-0.15, -0.1) is 13.2 Å². The molecule has 0 heterocycles. The Kier molecular flexibility index (Phi) is 14.9. The van der Waals surface area contributed by atoms with E-state index in [1.807, 2.05) is 54.6 Å². The van der Waals surface area contributed by atoms with Crippen molar-refractivity contribution in [1.82, 2.24) is 10.6 Å². The quantitative estimate of drug-likeness (QED) is 0.137. The summed E-state index contributed by atoms with van der Waals surface area (Å²) >= 11 is 0. The molecule has 3 N–H and O–H groups in total. The first-order chi connectivity index (χ1) is 19.3. The average Bonchev–Trinajstić information content (AvgIpc) is 2.95. The van der Waals surface area contributed by atoms with Gasteiger partial charge in [0.05, 0.1) is 18.6 Å². The van der Waals surface area contributed by atoms with Gasteiger partial charge < -0.3 is 25.2 Å². The van der Waals surface area contributed by atoms with Crippen LogP contribution in [0.2, 0.25) is 0 Å². The molecule has 8 nitrogen and oxygen atoms in total. The summed E-state index contributed by atoms with van der Waals surface area (Å²) in [5.41, 5.74) is 1.99. The van der Waals surface area contributed by atoms with Crippen LogP contribution >= 0.6 is 0 Å². The topological polar surface area (TPSA) is 114 Å². The number of carbonyl (C=O) groups is 3. The van der Waals surface area contributed by atoms with Crippen molar-refractivity contribution >= 4 is 17.8 Å². The monoisotopic (exact) mass is 550 g/mol. The van der Waals surface area contributed by atoms with E-state index in [-0.39, 0.29) is 43.8 Å². The fraction of sp³-hybridized carbons (Fsp3) is 0.406. The van der Waals surface area contributed by atoms with Crippen LogP contribution < -0.4 is 15.4 Å². The first-order valence-corrected chi connectivity index (χ1v) is 13.7. The van der Waals surface area contributed by atoms with Gasteiger partial charge in [-0.1, -0.05) is 54.6 Å². The Hall–Kier alpha value is -3.91. The van der Waals surface area contributed by atoms with Gasteiger partial charge in [-0.3, -0.25) is 14.4 Å². The number of aliphatic hydroxyl groups excluding tert-OH is 1. The van der Waals surface area contributed by atoms with Crippen molar-refractivity contribution < 1.29 is 29.0 Å². The van der Waals surface area contributed by atoms with Crippen LogP contribution in [0.25, 0.3) is 0 Å². The number of nitrogens with one attached hydrogen (secondary N) is 2. The van der Waals surface area contributed by atoms with Crippen molar-refractivity contribution in [3.05, 3.63) is 91.0 Å². The largest absolute Gasteiger partial charge is 0.489 e. The van der Waals surface area contributed by atoms with Crippen LogP contribution in [0.5, 0.6) is 5.75 Å². The van der Waals surface area contributed by atoms with Crippen molar-refractivity contribution in [2.24, 2.45) is 5.92 Å². The van der Waals surface area contributed by atoms with E-state index >= 15 is 0 Å². The average molecular weight is 551 g/mol. The molecule has 0 spiro atoms. The van der Waals surface area contributed by atoms with E-state index in [4.69, 9.17) is 9.47 Å². The van der Waals surface area contributed by atoms with E-state index in [2.05, 4.69) is 23.8 Å². The molecule has 0 saturated heterocycles. The molecule has 216 valence electrons. The molecule has 0 unspecified atom stereocenters. The van der Waals surface area contributed by atoms with Crippen LogP contribution in [0.4, 0.5) is 0 Å². The highest BCUT2D eigenvalue weighted by atomic mass is 16.5. The first-order valence-electron chi connectivity index (χ1n) is 13.7. The molecule has 0 radical (unpaired) electrons. The van der Waals surface area contributed by atoms with Gasteiger partial charge in [0.15, 0.2) is 0 Å². The summed E-state index contributed by atoms with van der Waals surface area (Å²) in [5.74, 6) is -0.938. The highest BCUT2D eigenvalue weighted by Crippen LogP contribution is 2.17. The van der Waals surface area contributed by atoms with Crippen LogP contribution in [0.15, 0.2) is 79.9 Å². The number of benzene rings is 2. The van der Waals surface area contributed by atoms with Crippen LogP contribution in [0.1, 0.15) is 50.2 Å². The molecule has 2 amide bonds. The number of amides is 2. The molecule has 0 aliphatic rings.